The number of Topliss-reactive ketones (excluding diaryl/α,β-unsaturated/α-hetero) is 2. The van der Waals surface area contributed by atoms with Crippen molar-refractivity contribution in [1.82, 2.24) is 4.90 Å². The van der Waals surface area contributed by atoms with E-state index in [1.54, 1.807) is 0 Å². The number of ether oxygens (including phenoxy) is 4. The maximum Gasteiger partial charge on any atom is 0.223 e. The van der Waals surface area contributed by atoms with Crippen LogP contribution in [0.25, 0.3) is 0 Å². The fraction of sp³-hybridized carbons (Fsp3) is 0.906. The van der Waals surface area contributed by atoms with Gasteiger partial charge in [0.1, 0.15) is 11.6 Å². The van der Waals surface area contributed by atoms with Gasteiger partial charge in [0, 0.05) is 51.8 Å². The Bertz CT molecular complexity index is 649. The summed E-state index contributed by atoms with van der Waals surface area (Å²) in [5.74, 6) is 0.461. The van der Waals surface area contributed by atoms with Crippen LogP contribution in [0.1, 0.15) is 113 Å². The highest BCUT2D eigenvalue weighted by Crippen LogP contribution is 2.22. The Morgan fingerprint density at radius 3 is 1.43 bits per heavy atom. The van der Waals surface area contributed by atoms with Gasteiger partial charge in [-0.2, -0.15) is 0 Å². The molecule has 0 aliphatic rings. The van der Waals surface area contributed by atoms with E-state index in [-0.39, 0.29) is 34.7 Å². The summed E-state index contributed by atoms with van der Waals surface area (Å²) in [5, 5.41) is 0. The second-order valence-electron chi connectivity index (χ2n) is 13.0. The van der Waals surface area contributed by atoms with Crippen LogP contribution in [0.15, 0.2) is 0 Å². The molecule has 0 aromatic carbocycles. The number of carbonyl (C=O) groups excluding carboxylic acids is 3. The van der Waals surface area contributed by atoms with E-state index in [1.165, 1.54) is 0 Å². The summed E-state index contributed by atoms with van der Waals surface area (Å²) in [6.07, 6.45) is 6.67. The fourth-order valence-electron chi connectivity index (χ4n) is 3.65. The molecule has 40 heavy (non-hydrogen) atoms. The highest BCUT2D eigenvalue weighted by Gasteiger charge is 2.21. The van der Waals surface area contributed by atoms with Gasteiger partial charge in [-0.1, -0.05) is 54.9 Å². The van der Waals surface area contributed by atoms with Crippen molar-refractivity contribution in [2.45, 2.75) is 113 Å². The van der Waals surface area contributed by atoms with E-state index in [2.05, 4.69) is 48.5 Å². The van der Waals surface area contributed by atoms with Crippen molar-refractivity contribution >= 4 is 17.5 Å². The lowest BCUT2D eigenvalue weighted by molar-refractivity contribution is -0.133. The molecule has 1 amide bonds. The molecule has 0 spiro atoms. The number of hydrogen-bond acceptors (Lipinski definition) is 7. The molecular weight excluding hydrogens is 510 g/mol. The van der Waals surface area contributed by atoms with E-state index < -0.39 is 0 Å². The van der Waals surface area contributed by atoms with Gasteiger partial charge < -0.3 is 23.8 Å². The van der Waals surface area contributed by atoms with Crippen LogP contribution in [-0.4, -0.2) is 88.3 Å². The molecule has 0 bridgehead atoms. The molecule has 0 radical (unpaired) electrons. The highest BCUT2D eigenvalue weighted by molar-refractivity contribution is 5.85. The van der Waals surface area contributed by atoms with E-state index in [1.807, 2.05) is 4.90 Å². The fourth-order valence-corrected chi connectivity index (χ4v) is 3.65. The predicted molar refractivity (Wildman–Crippen MR) is 161 cm³/mol. The largest absolute Gasteiger partial charge is 0.379 e. The first-order chi connectivity index (χ1) is 18.8. The molecule has 0 saturated carbocycles. The Balaban J connectivity index is 3.75. The molecule has 0 N–H and O–H groups in total. The van der Waals surface area contributed by atoms with Crippen molar-refractivity contribution in [3.05, 3.63) is 0 Å². The first-order valence-corrected chi connectivity index (χ1v) is 15.5. The maximum absolute atomic E-state index is 12.8. The summed E-state index contributed by atoms with van der Waals surface area (Å²) in [7, 11) is 0. The van der Waals surface area contributed by atoms with Crippen LogP contribution >= 0.6 is 0 Å². The monoisotopic (exact) mass is 571 g/mol. The molecule has 8 heteroatoms. The summed E-state index contributed by atoms with van der Waals surface area (Å²) in [5.41, 5.74) is 0.336. The zero-order chi connectivity index (χ0) is 30.3. The summed E-state index contributed by atoms with van der Waals surface area (Å²) in [4.78, 5) is 38.6. The average Bonchev–Trinajstić information content (AvgIpc) is 2.87. The Hall–Kier alpha value is -1.35. The van der Waals surface area contributed by atoms with Crippen molar-refractivity contribution in [3.8, 4) is 0 Å². The molecule has 0 aromatic rings. The number of rotatable bonds is 26. The number of amides is 1. The van der Waals surface area contributed by atoms with Gasteiger partial charge in [-0.05, 0) is 36.5 Å². The van der Waals surface area contributed by atoms with Crippen LogP contribution in [0, 0.1) is 10.8 Å². The van der Waals surface area contributed by atoms with Crippen molar-refractivity contribution in [2.75, 3.05) is 65.9 Å². The highest BCUT2D eigenvalue weighted by atomic mass is 16.6. The average molecular weight is 572 g/mol. The van der Waals surface area contributed by atoms with Crippen LogP contribution < -0.4 is 0 Å². The number of carbonyl (C=O) groups is 3. The van der Waals surface area contributed by atoms with Gasteiger partial charge in [-0.15, -0.1) is 0 Å². The van der Waals surface area contributed by atoms with Crippen LogP contribution in [0.4, 0.5) is 0 Å². The summed E-state index contributed by atoms with van der Waals surface area (Å²) in [6, 6.07) is 0. The molecule has 0 aromatic heterocycles. The molecule has 0 aliphatic heterocycles. The molecular formula is C32H61NO7. The Kier molecular flexibility index (Phi) is 22.5. The quantitative estimate of drug-likeness (QED) is 0.117. The van der Waals surface area contributed by atoms with Gasteiger partial charge in [-0.25, -0.2) is 0 Å². The van der Waals surface area contributed by atoms with Gasteiger partial charge >= 0.3 is 0 Å². The number of ketones is 2. The first kappa shape index (κ1) is 38.6. The molecule has 8 nitrogen and oxygen atoms in total. The number of hydrogen-bond donors (Lipinski definition) is 0. The molecule has 0 fully saturated rings. The van der Waals surface area contributed by atoms with E-state index in [0.717, 1.165) is 38.8 Å². The Morgan fingerprint density at radius 1 is 0.525 bits per heavy atom. The van der Waals surface area contributed by atoms with Crippen molar-refractivity contribution < 1.29 is 33.3 Å². The van der Waals surface area contributed by atoms with E-state index in [0.29, 0.717) is 85.0 Å². The van der Waals surface area contributed by atoms with E-state index in [9.17, 15) is 14.4 Å². The minimum absolute atomic E-state index is 0.0843. The van der Waals surface area contributed by atoms with Gasteiger partial charge in [0.15, 0.2) is 0 Å². The molecule has 0 saturated heterocycles. The molecule has 0 aliphatic carbocycles. The van der Waals surface area contributed by atoms with Gasteiger partial charge in [0.2, 0.25) is 5.91 Å². The standard InChI is InChI=1S/C32H61NO7/c1-8-9-11-29(35)15-21-38-23-25-40-27-26-39-24-22-37-20-10-12-28(34)13-14-30(36)33(18-16-31(2,3)4)19-17-32(5,6)7/h8-27H2,1-7H3. The number of nitrogens with zero attached hydrogens (tertiary/aromatic N) is 1. The minimum atomic E-state index is 0.0843. The normalized spacial score (nSPS) is 12.1. The lowest BCUT2D eigenvalue weighted by Crippen LogP contribution is -2.36. The van der Waals surface area contributed by atoms with Crippen molar-refractivity contribution in [3.63, 3.8) is 0 Å². The third-order valence-corrected chi connectivity index (χ3v) is 6.43. The zero-order valence-electron chi connectivity index (χ0n) is 26.9. The van der Waals surface area contributed by atoms with Crippen LogP contribution in [0.2, 0.25) is 0 Å². The molecule has 236 valence electrons. The van der Waals surface area contributed by atoms with Gasteiger partial charge in [0.05, 0.1) is 46.2 Å². The topological polar surface area (TPSA) is 91.4 Å². The second-order valence-corrected chi connectivity index (χ2v) is 13.0. The maximum atomic E-state index is 12.8. The third kappa shape index (κ3) is 26.9. The SMILES string of the molecule is CCCCC(=O)CCOCCOCCOCCOCCCC(=O)CCC(=O)N(CCC(C)(C)C)CCC(C)(C)C. The smallest absolute Gasteiger partial charge is 0.223 e. The lowest BCUT2D eigenvalue weighted by atomic mass is 9.90. The summed E-state index contributed by atoms with van der Waals surface area (Å²) in [6.45, 7) is 20.5. The Labute approximate surface area is 245 Å². The van der Waals surface area contributed by atoms with Crippen molar-refractivity contribution in [1.29, 1.82) is 0 Å². The van der Waals surface area contributed by atoms with E-state index >= 15 is 0 Å². The van der Waals surface area contributed by atoms with Crippen LogP contribution in [0.3, 0.4) is 0 Å². The summed E-state index contributed by atoms with van der Waals surface area (Å²) < 4.78 is 21.9. The number of unbranched alkanes of at least 4 members (excludes halogenated alkanes) is 1. The van der Waals surface area contributed by atoms with Crippen LogP contribution in [-0.2, 0) is 33.3 Å². The molecule has 0 rings (SSSR count). The minimum Gasteiger partial charge on any atom is -0.379 e. The molecule has 0 heterocycles. The Morgan fingerprint density at radius 2 is 0.950 bits per heavy atom. The molecule has 0 atom stereocenters. The lowest BCUT2D eigenvalue weighted by Gasteiger charge is -2.29. The zero-order valence-corrected chi connectivity index (χ0v) is 26.9. The van der Waals surface area contributed by atoms with Crippen molar-refractivity contribution in [2.24, 2.45) is 10.8 Å². The van der Waals surface area contributed by atoms with Gasteiger partial charge in [-0.3, -0.25) is 14.4 Å². The van der Waals surface area contributed by atoms with Crippen LogP contribution in [0.5, 0.6) is 0 Å². The molecule has 0 unspecified atom stereocenters. The predicted octanol–water partition coefficient (Wildman–Crippen LogP) is 6.03. The second kappa shape index (κ2) is 23.2. The first-order valence-electron chi connectivity index (χ1n) is 15.5. The third-order valence-electron chi connectivity index (χ3n) is 6.43. The van der Waals surface area contributed by atoms with E-state index in [4.69, 9.17) is 18.9 Å². The summed E-state index contributed by atoms with van der Waals surface area (Å²) >= 11 is 0. The van der Waals surface area contributed by atoms with Gasteiger partial charge in [0.25, 0.3) is 0 Å².